The highest BCUT2D eigenvalue weighted by Gasteiger charge is 2.28. The van der Waals surface area contributed by atoms with Crippen LogP contribution in [0.25, 0.3) is 10.2 Å². The Balaban J connectivity index is 0.00000161. The van der Waals surface area contributed by atoms with E-state index in [-0.39, 0.29) is 24.4 Å². The number of thioether (sulfide) groups is 1. The molecule has 0 aliphatic heterocycles. The number of carbonyl (C=O) groups is 1. The zero-order valence-corrected chi connectivity index (χ0v) is 13.9. The molecule has 1 atom stereocenters. The lowest BCUT2D eigenvalue weighted by atomic mass is 10.2. The number of para-hydroxylation sites is 1. The Morgan fingerprint density at radius 3 is 2.95 bits per heavy atom. The molecule has 21 heavy (non-hydrogen) atoms. The van der Waals surface area contributed by atoms with Crippen molar-refractivity contribution in [1.82, 2.24) is 10.3 Å². The minimum Gasteiger partial charge on any atom is -0.354 e. The summed E-state index contributed by atoms with van der Waals surface area (Å²) in [6.07, 6.45) is 2.41. The lowest BCUT2D eigenvalue weighted by molar-refractivity contribution is -0.118. The molecule has 1 amide bonds. The number of nitrogens with two attached hydrogens (primary N) is 1. The molecule has 0 saturated heterocycles. The molecule has 7 heteroatoms. The van der Waals surface area contributed by atoms with Crippen LogP contribution in [0.15, 0.2) is 28.6 Å². The van der Waals surface area contributed by atoms with E-state index in [0.29, 0.717) is 18.2 Å². The number of aromatic nitrogens is 1. The van der Waals surface area contributed by atoms with Crippen LogP contribution in [-0.4, -0.2) is 29.2 Å². The van der Waals surface area contributed by atoms with Gasteiger partial charge in [-0.05, 0) is 30.9 Å². The van der Waals surface area contributed by atoms with Gasteiger partial charge in [-0.3, -0.25) is 4.79 Å². The quantitative estimate of drug-likeness (QED) is 0.791. The van der Waals surface area contributed by atoms with E-state index in [4.69, 9.17) is 5.73 Å². The van der Waals surface area contributed by atoms with Crippen LogP contribution < -0.4 is 11.1 Å². The Hall–Kier alpha value is -0.820. The van der Waals surface area contributed by atoms with Gasteiger partial charge in [0, 0.05) is 12.6 Å². The third kappa shape index (κ3) is 4.57. The molecule has 1 aromatic carbocycles. The first-order valence-electron chi connectivity index (χ1n) is 6.73. The summed E-state index contributed by atoms with van der Waals surface area (Å²) in [6.45, 7) is 0.587. The topological polar surface area (TPSA) is 68.0 Å². The molecule has 0 spiro atoms. The Labute approximate surface area is 138 Å². The number of amides is 1. The Bertz CT molecular complexity index is 582. The summed E-state index contributed by atoms with van der Waals surface area (Å²) < 4.78 is 2.10. The van der Waals surface area contributed by atoms with Crippen molar-refractivity contribution in [3.63, 3.8) is 0 Å². The molecule has 2 aromatic rings. The SMILES string of the molecule is Cl.NC(CNC(=O)CSc1nc2ccccc2s1)C1CC1. The molecule has 1 heterocycles. The summed E-state index contributed by atoms with van der Waals surface area (Å²) in [5.41, 5.74) is 6.95. The van der Waals surface area contributed by atoms with E-state index in [0.717, 1.165) is 14.6 Å². The van der Waals surface area contributed by atoms with Gasteiger partial charge in [0.1, 0.15) is 0 Å². The lowest BCUT2D eigenvalue weighted by Crippen LogP contribution is -2.39. The molecule has 1 unspecified atom stereocenters. The van der Waals surface area contributed by atoms with Crippen LogP contribution in [0.5, 0.6) is 0 Å². The number of fused-ring (bicyclic) bond motifs is 1. The fourth-order valence-corrected chi connectivity index (χ4v) is 3.91. The number of nitrogens with one attached hydrogen (secondary N) is 1. The molecule has 3 rings (SSSR count). The van der Waals surface area contributed by atoms with E-state index >= 15 is 0 Å². The lowest BCUT2D eigenvalue weighted by Gasteiger charge is -2.10. The molecule has 0 radical (unpaired) electrons. The van der Waals surface area contributed by atoms with Crippen molar-refractivity contribution < 1.29 is 4.79 Å². The molecular formula is C14H18ClN3OS2. The molecule has 114 valence electrons. The van der Waals surface area contributed by atoms with Crippen molar-refractivity contribution in [2.75, 3.05) is 12.3 Å². The second-order valence-electron chi connectivity index (χ2n) is 5.04. The molecule has 1 fully saturated rings. The van der Waals surface area contributed by atoms with Crippen LogP contribution in [0.4, 0.5) is 0 Å². The minimum atomic E-state index is 0. The van der Waals surface area contributed by atoms with Crippen molar-refractivity contribution in [2.24, 2.45) is 11.7 Å². The maximum atomic E-state index is 11.8. The summed E-state index contributed by atoms with van der Waals surface area (Å²) in [5.74, 6) is 1.05. The molecular weight excluding hydrogens is 326 g/mol. The van der Waals surface area contributed by atoms with Gasteiger partial charge in [-0.2, -0.15) is 0 Å². The molecule has 3 N–H and O–H groups in total. The number of carbonyl (C=O) groups excluding carboxylic acids is 1. The molecule has 1 aromatic heterocycles. The van der Waals surface area contributed by atoms with E-state index in [1.165, 1.54) is 24.6 Å². The number of nitrogens with zero attached hydrogens (tertiary/aromatic N) is 1. The first-order chi connectivity index (χ1) is 9.72. The standard InChI is InChI=1S/C14H17N3OS2.ClH/c15-10(9-5-6-9)7-16-13(18)8-19-14-17-11-3-1-2-4-12(11)20-14;/h1-4,9-10H,5-8,15H2,(H,16,18);1H. The van der Waals surface area contributed by atoms with Crippen LogP contribution in [0.3, 0.4) is 0 Å². The van der Waals surface area contributed by atoms with Crippen LogP contribution >= 0.6 is 35.5 Å². The Morgan fingerprint density at radius 1 is 1.48 bits per heavy atom. The summed E-state index contributed by atoms with van der Waals surface area (Å²) in [5, 5.41) is 2.90. The predicted octanol–water partition coefficient (Wildman–Crippen LogP) is 2.66. The van der Waals surface area contributed by atoms with Crippen molar-refractivity contribution in [2.45, 2.75) is 23.2 Å². The Kier molecular flexibility index (Phi) is 5.87. The van der Waals surface area contributed by atoms with E-state index in [2.05, 4.69) is 10.3 Å². The van der Waals surface area contributed by atoms with Crippen molar-refractivity contribution in [1.29, 1.82) is 0 Å². The smallest absolute Gasteiger partial charge is 0.230 e. The van der Waals surface area contributed by atoms with Gasteiger partial charge in [-0.1, -0.05) is 23.9 Å². The molecule has 1 saturated carbocycles. The number of halogens is 1. The van der Waals surface area contributed by atoms with Gasteiger partial charge in [0.2, 0.25) is 5.91 Å². The van der Waals surface area contributed by atoms with Crippen LogP contribution in [0.2, 0.25) is 0 Å². The second kappa shape index (κ2) is 7.45. The summed E-state index contributed by atoms with van der Waals surface area (Å²) in [4.78, 5) is 16.3. The number of thiazole rings is 1. The zero-order valence-electron chi connectivity index (χ0n) is 11.5. The first-order valence-corrected chi connectivity index (χ1v) is 8.53. The molecule has 1 aliphatic rings. The van der Waals surface area contributed by atoms with Crippen LogP contribution in [0.1, 0.15) is 12.8 Å². The van der Waals surface area contributed by atoms with Crippen molar-refractivity contribution >= 4 is 51.6 Å². The maximum absolute atomic E-state index is 11.8. The van der Waals surface area contributed by atoms with Gasteiger partial charge in [-0.15, -0.1) is 23.7 Å². The normalized spacial score (nSPS) is 15.5. The summed E-state index contributed by atoms with van der Waals surface area (Å²) in [7, 11) is 0. The van der Waals surface area contributed by atoms with E-state index in [1.807, 2.05) is 24.3 Å². The monoisotopic (exact) mass is 343 g/mol. The highest BCUT2D eigenvalue weighted by atomic mass is 35.5. The third-order valence-corrected chi connectivity index (χ3v) is 5.54. The molecule has 1 aliphatic carbocycles. The highest BCUT2D eigenvalue weighted by molar-refractivity contribution is 8.01. The zero-order chi connectivity index (χ0) is 13.9. The summed E-state index contributed by atoms with van der Waals surface area (Å²) in [6, 6.07) is 8.13. The van der Waals surface area contributed by atoms with Gasteiger partial charge in [-0.25, -0.2) is 4.98 Å². The number of hydrogen-bond donors (Lipinski definition) is 2. The van der Waals surface area contributed by atoms with Gasteiger partial charge in [0.05, 0.1) is 16.0 Å². The second-order valence-corrected chi connectivity index (χ2v) is 7.29. The van der Waals surface area contributed by atoms with Crippen molar-refractivity contribution in [3.05, 3.63) is 24.3 Å². The summed E-state index contributed by atoms with van der Waals surface area (Å²) >= 11 is 3.11. The van der Waals surface area contributed by atoms with E-state index in [9.17, 15) is 4.79 Å². The van der Waals surface area contributed by atoms with Gasteiger partial charge in [0.15, 0.2) is 4.34 Å². The number of benzene rings is 1. The van der Waals surface area contributed by atoms with E-state index in [1.54, 1.807) is 11.3 Å². The van der Waals surface area contributed by atoms with Gasteiger partial charge >= 0.3 is 0 Å². The van der Waals surface area contributed by atoms with Gasteiger partial charge in [0.25, 0.3) is 0 Å². The number of rotatable bonds is 6. The average molecular weight is 344 g/mol. The van der Waals surface area contributed by atoms with Crippen LogP contribution in [-0.2, 0) is 4.79 Å². The molecule has 4 nitrogen and oxygen atoms in total. The molecule has 0 bridgehead atoms. The van der Waals surface area contributed by atoms with Gasteiger partial charge < -0.3 is 11.1 Å². The third-order valence-electron chi connectivity index (χ3n) is 3.36. The average Bonchev–Trinajstić information content (AvgIpc) is 3.22. The first kappa shape index (κ1) is 16.5. The number of hydrogen-bond acceptors (Lipinski definition) is 5. The fraction of sp³-hybridized carbons (Fsp3) is 0.429. The van der Waals surface area contributed by atoms with Crippen LogP contribution in [0, 0.1) is 5.92 Å². The van der Waals surface area contributed by atoms with Crippen molar-refractivity contribution in [3.8, 4) is 0 Å². The Morgan fingerprint density at radius 2 is 2.24 bits per heavy atom. The minimum absolute atomic E-state index is 0. The maximum Gasteiger partial charge on any atom is 0.230 e. The highest BCUT2D eigenvalue weighted by Crippen LogP contribution is 2.31. The predicted molar refractivity (Wildman–Crippen MR) is 91.3 cm³/mol. The largest absolute Gasteiger partial charge is 0.354 e. The fourth-order valence-electron chi connectivity index (χ4n) is 2.01. The van der Waals surface area contributed by atoms with E-state index < -0.39 is 0 Å².